The Morgan fingerprint density at radius 2 is 1.80 bits per heavy atom. The standard InChI is InChI=1S/C10H21N3O6S/c1-6(14)7(8(15)16)12-9(17)11-5-10(2,3)13-20(4,18)19/h6-7,13-14H,5H2,1-4H3,(H,15,16)(H2,11,12,17). The predicted molar refractivity (Wildman–Crippen MR) is 71.7 cm³/mol. The summed E-state index contributed by atoms with van der Waals surface area (Å²) in [6.45, 7) is 4.28. The molecule has 0 aliphatic carbocycles. The lowest BCUT2D eigenvalue weighted by Crippen LogP contribution is -2.56. The number of aliphatic hydroxyl groups excluding tert-OH is 1. The summed E-state index contributed by atoms with van der Waals surface area (Å²) in [5.41, 5.74) is -0.936. The maximum atomic E-state index is 11.5. The fraction of sp³-hybridized carbons (Fsp3) is 0.800. The number of carboxylic acids is 1. The number of carbonyl (C=O) groups is 2. The van der Waals surface area contributed by atoms with Gasteiger partial charge in [-0.1, -0.05) is 0 Å². The van der Waals surface area contributed by atoms with E-state index in [2.05, 4.69) is 15.4 Å². The van der Waals surface area contributed by atoms with Crippen LogP contribution >= 0.6 is 0 Å². The largest absolute Gasteiger partial charge is 0.480 e. The number of carboxylic acid groups (broad SMARTS) is 1. The molecule has 9 nitrogen and oxygen atoms in total. The number of hydrogen-bond donors (Lipinski definition) is 5. The van der Waals surface area contributed by atoms with Crippen LogP contribution in [0.25, 0.3) is 0 Å². The van der Waals surface area contributed by atoms with Gasteiger partial charge in [-0.05, 0) is 20.8 Å². The Kier molecular flexibility index (Phi) is 6.38. The van der Waals surface area contributed by atoms with E-state index in [1.54, 1.807) is 13.8 Å². The van der Waals surface area contributed by atoms with Crippen molar-refractivity contribution in [1.82, 2.24) is 15.4 Å². The van der Waals surface area contributed by atoms with E-state index < -0.39 is 39.7 Å². The lowest BCUT2D eigenvalue weighted by molar-refractivity contribution is -0.141. The third kappa shape index (κ3) is 7.92. The van der Waals surface area contributed by atoms with Crippen LogP contribution in [0.5, 0.6) is 0 Å². The van der Waals surface area contributed by atoms with E-state index in [-0.39, 0.29) is 6.54 Å². The third-order valence-electron chi connectivity index (χ3n) is 2.19. The number of urea groups is 1. The zero-order chi connectivity index (χ0) is 16.1. The molecule has 0 aliphatic heterocycles. The predicted octanol–water partition coefficient (Wildman–Crippen LogP) is -1.55. The van der Waals surface area contributed by atoms with Crippen molar-refractivity contribution in [2.45, 2.75) is 38.5 Å². The van der Waals surface area contributed by atoms with Crippen LogP contribution in [0.1, 0.15) is 20.8 Å². The Bertz CT molecular complexity index is 460. The molecule has 0 aromatic rings. The minimum atomic E-state index is -3.44. The topological polar surface area (TPSA) is 145 Å². The van der Waals surface area contributed by atoms with Crippen LogP contribution in [0.3, 0.4) is 0 Å². The minimum Gasteiger partial charge on any atom is -0.480 e. The van der Waals surface area contributed by atoms with E-state index in [0.29, 0.717) is 0 Å². The number of carbonyl (C=O) groups excluding carboxylic acids is 1. The summed E-state index contributed by atoms with van der Waals surface area (Å²) in [4.78, 5) is 22.3. The molecule has 0 fully saturated rings. The van der Waals surface area contributed by atoms with Crippen LogP contribution in [-0.2, 0) is 14.8 Å². The second kappa shape index (κ2) is 6.86. The van der Waals surface area contributed by atoms with E-state index in [0.717, 1.165) is 6.26 Å². The molecule has 2 atom stereocenters. The highest BCUT2D eigenvalue weighted by molar-refractivity contribution is 7.88. The van der Waals surface area contributed by atoms with Crippen LogP contribution < -0.4 is 15.4 Å². The number of aliphatic carboxylic acids is 1. The van der Waals surface area contributed by atoms with Gasteiger partial charge in [-0.3, -0.25) is 0 Å². The number of nitrogens with one attached hydrogen (secondary N) is 3. The second-order valence-corrected chi connectivity index (χ2v) is 6.89. The summed E-state index contributed by atoms with van der Waals surface area (Å²) in [6.07, 6.45) is -0.275. The molecule has 0 aromatic heterocycles. The minimum absolute atomic E-state index is 0.0575. The van der Waals surface area contributed by atoms with Crippen LogP contribution in [0, 0.1) is 0 Å². The van der Waals surface area contributed by atoms with Gasteiger partial charge in [0.15, 0.2) is 6.04 Å². The van der Waals surface area contributed by atoms with E-state index in [1.807, 2.05) is 0 Å². The highest BCUT2D eigenvalue weighted by Gasteiger charge is 2.27. The lowest BCUT2D eigenvalue weighted by atomic mass is 10.1. The van der Waals surface area contributed by atoms with Crippen molar-refractivity contribution >= 4 is 22.0 Å². The zero-order valence-corrected chi connectivity index (χ0v) is 12.6. The molecule has 0 bridgehead atoms. The van der Waals surface area contributed by atoms with E-state index in [4.69, 9.17) is 5.11 Å². The van der Waals surface area contributed by atoms with Crippen molar-refractivity contribution in [2.75, 3.05) is 12.8 Å². The Morgan fingerprint density at radius 3 is 2.15 bits per heavy atom. The molecule has 0 radical (unpaired) electrons. The van der Waals surface area contributed by atoms with Gasteiger partial charge in [0, 0.05) is 12.1 Å². The van der Waals surface area contributed by atoms with Crippen molar-refractivity contribution in [3.8, 4) is 0 Å². The molecule has 0 saturated heterocycles. The first kappa shape index (κ1) is 18.6. The normalized spacial score (nSPS) is 15.2. The van der Waals surface area contributed by atoms with Gasteiger partial charge in [-0.15, -0.1) is 0 Å². The fourth-order valence-corrected chi connectivity index (χ4v) is 2.50. The highest BCUT2D eigenvalue weighted by Crippen LogP contribution is 2.02. The summed E-state index contributed by atoms with van der Waals surface area (Å²) in [7, 11) is -3.44. The summed E-state index contributed by atoms with van der Waals surface area (Å²) < 4.78 is 24.5. The van der Waals surface area contributed by atoms with Gasteiger partial charge in [0.05, 0.1) is 12.4 Å². The average Bonchev–Trinajstić information content (AvgIpc) is 2.18. The molecular weight excluding hydrogens is 290 g/mol. The summed E-state index contributed by atoms with van der Waals surface area (Å²) in [6, 6.07) is -2.26. The number of aliphatic hydroxyl groups is 1. The molecule has 2 amide bonds. The van der Waals surface area contributed by atoms with Gasteiger partial charge in [0.2, 0.25) is 10.0 Å². The third-order valence-corrected chi connectivity index (χ3v) is 3.11. The number of hydrogen-bond acceptors (Lipinski definition) is 5. The van der Waals surface area contributed by atoms with Crippen LogP contribution in [0.4, 0.5) is 4.79 Å². The molecular formula is C10H21N3O6S. The molecule has 10 heteroatoms. The fourth-order valence-electron chi connectivity index (χ4n) is 1.42. The number of sulfonamides is 1. The van der Waals surface area contributed by atoms with Crippen molar-refractivity contribution in [1.29, 1.82) is 0 Å². The van der Waals surface area contributed by atoms with Gasteiger partial charge < -0.3 is 20.8 Å². The van der Waals surface area contributed by atoms with E-state index in [9.17, 15) is 23.1 Å². The Balaban J connectivity index is 4.45. The van der Waals surface area contributed by atoms with Gasteiger partial charge in [0.25, 0.3) is 0 Å². The van der Waals surface area contributed by atoms with Crippen LogP contribution in [-0.4, -0.2) is 61.1 Å². The molecule has 2 unspecified atom stereocenters. The zero-order valence-electron chi connectivity index (χ0n) is 11.8. The summed E-state index contributed by atoms with van der Waals surface area (Å²) >= 11 is 0. The molecule has 0 saturated carbocycles. The molecule has 0 aliphatic rings. The first-order valence-corrected chi connectivity index (χ1v) is 7.67. The van der Waals surface area contributed by atoms with Crippen molar-refractivity contribution in [3.05, 3.63) is 0 Å². The molecule has 20 heavy (non-hydrogen) atoms. The van der Waals surface area contributed by atoms with Gasteiger partial charge in [-0.2, -0.15) is 0 Å². The van der Waals surface area contributed by atoms with E-state index >= 15 is 0 Å². The lowest BCUT2D eigenvalue weighted by Gasteiger charge is -2.26. The molecule has 0 aromatic carbocycles. The van der Waals surface area contributed by atoms with Crippen LogP contribution in [0.15, 0.2) is 0 Å². The molecule has 0 heterocycles. The highest BCUT2D eigenvalue weighted by atomic mass is 32.2. The van der Waals surface area contributed by atoms with Gasteiger partial charge in [0.1, 0.15) is 0 Å². The monoisotopic (exact) mass is 311 g/mol. The van der Waals surface area contributed by atoms with Crippen molar-refractivity contribution in [2.24, 2.45) is 0 Å². The second-order valence-electron chi connectivity index (χ2n) is 5.14. The number of rotatable bonds is 7. The number of amides is 2. The molecule has 5 N–H and O–H groups in total. The molecule has 118 valence electrons. The maximum Gasteiger partial charge on any atom is 0.328 e. The summed E-state index contributed by atoms with van der Waals surface area (Å²) in [5.74, 6) is -1.37. The smallest absolute Gasteiger partial charge is 0.328 e. The van der Waals surface area contributed by atoms with Gasteiger partial charge in [-0.25, -0.2) is 22.7 Å². The maximum absolute atomic E-state index is 11.5. The van der Waals surface area contributed by atoms with Gasteiger partial charge >= 0.3 is 12.0 Å². The van der Waals surface area contributed by atoms with E-state index in [1.165, 1.54) is 6.92 Å². The van der Waals surface area contributed by atoms with Crippen molar-refractivity contribution < 1.29 is 28.2 Å². The Morgan fingerprint density at radius 1 is 1.30 bits per heavy atom. The Hall–Kier alpha value is -1.39. The summed E-state index contributed by atoms with van der Waals surface area (Å²) in [5, 5.41) is 22.4. The quantitative estimate of drug-likeness (QED) is 0.385. The van der Waals surface area contributed by atoms with Crippen molar-refractivity contribution in [3.63, 3.8) is 0 Å². The molecule has 0 rings (SSSR count). The molecule has 0 spiro atoms. The SMILES string of the molecule is CC(O)C(NC(=O)NCC(C)(C)NS(C)(=O)=O)C(=O)O. The first-order valence-electron chi connectivity index (χ1n) is 5.78. The van der Waals surface area contributed by atoms with Crippen LogP contribution in [0.2, 0.25) is 0 Å². The first-order chi connectivity index (χ1) is 8.84. The average molecular weight is 311 g/mol. The Labute approximate surface area is 117 Å².